The van der Waals surface area contributed by atoms with Gasteiger partial charge in [0.15, 0.2) is 0 Å². The van der Waals surface area contributed by atoms with Crippen LogP contribution in [0.3, 0.4) is 0 Å². The fourth-order valence-corrected chi connectivity index (χ4v) is 1.06. The van der Waals surface area contributed by atoms with Gasteiger partial charge in [0.2, 0.25) is 0 Å². The van der Waals surface area contributed by atoms with Crippen molar-refractivity contribution in [1.29, 1.82) is 0 Å². The maximum atomic E-state index is 5.25. The molecular formula is C10H20N2O. The highest BCUT2D eigenvalue weighted by atomic mass is 16.5. The number of rotatable bonds is 3. The zero-order valence-electron chi connectivity index (χ0n) is 8.84. The van der Waals surface area contributed by atoms with Gasteiger partial charge in [-0.1, -0.05) is 13.8 Å². The van der Waals surface area contributed by atoms with Crippen molar-refractivity contribution in [3.63, 3.8) is 0 Å². The second-order valence-electron chi connectivity index (χ2n) is 3.95. The number of ether oxygens (including phenoxy) is 1. The van der Waals surface area contributed by atoms with Crippen molar-refractivity contribution in [2.24, 2.45) is 11.0 Å². The summed E-state index contributed by atoms with van der Waals surface area (Å²) in [7, 11) is 0. The van der Waals surface area contributed by atoms with E-state index in [1.54, 1.807) is 0 Å². The number of hydrogen-bond donors (Lipinski definition) is 1. The van der Waals surface area contributed by atoms with Gasteiger partial charge in [0, 0.05) is 24.6 Å². The summed E-state index contributed by atoms with van der Waals surface area (Å²) in [4.78, 5) is 0. The average Bonchev–Trinajstić information content (AvgIpc) is 2.15. The predicted molar refractivity (Wildman–Crippen MR) is 54.9 cm³/mol. The lowest BCUT2D eigenvalue weighted by Gasteiger charge is -2.18. The van der Waals surface area contributed by atoms with Gasteiger partial charge in [-0.3, -0.25) is 0 Å². The van der Waals surface area contributed by atoms with Crippen LogP contribution in [0, 0.1) is 5.92 Å². The first-order chi connectivity index (χ1) is 6.20. The summed E-state index contributed by atoms with van der Waals surface area (Å²) in [5.74, 6) is 0.629. The Morgan fingerprint density at radius 2 is 1.85 bits per heavy atom. The van der Waals surface area contributed by atoms with Gasteiger partial charge in [0.25, 0.3) is 0 Å². The van der Waals surface area contributed by atoms with Gasteiger partial charge in [0.1, 0.15) is 0 Å². The molecule has 1 unspecified atom stereocenters. The molecule has 0 amide bonds. The van der Waals surface area contributed by atoms with Gasteiger partial charge in [-0.05, 0) is 12.8 Å². The van der Waals surface area contributed by atoms with Crippen LogP contribution in [0.1, 0.15) is 33.6 Å². The SMILES string of the molecule is CC(C)C(C)NN=C1CCOCC1. The maximum absolute atomic E-state index is 5.25. The Kier molecular flexibility index (Phi) is 4.22. The Morgan fingerprint density at radius 1 is 1.23 bits per heavy atom. The summed E-state index contributed by atoms with van der Waals surface area (Å²) in [6.07, 6.45) is 1.97. The highest BCUT2D eigenvalue weighted by Gasteiger charge is 2.08. The molecule has 0 aliphatic carbocycles. The highest BCUT2D eigenvalue weighted by molar-refractivity contribution is 5.84. The lowest BCUT2D eigenvalue weighted by molar-refractivity contribution is 0.134. The molecule has 0 aromatic heterocycles. The van der Waals surface area contributed by atoms with Crippen LogP contribution in [0.4, 0.5) is 0 Å². The molecule has 1 atom stereocenters. The monoisotopic (exact) mass is 184 g/mol. The molecule has 3 nitrogen and oxygen atoms in total. The van der Waals surface area contributed by atoms with Gasteiger partial charge in [-0.2, -0.15) is 5.10 Å². The van der Waals surface area contributed by atoms with E-state index in [-0.39, 0.29) is 0 Å². The smallest absolute Gasteiger partial charge is 0.0519 e. The predicted octanol–water partition coefficient (Wildman–Crippen LogP) is 1.79. The molecule has 1 aliphatic heterocycles. The molecule has 1 N–H and O–H groups in total. The van der Waals surface area contributed by atoms with E-state index >= 15 is 0 Å². The second-order valence-corrected chi connectivity index (χ2v) is 3.95. The summed E-state index contributed by atoms with van der Waals surface area (Å²) in [6, 6.07) is 0.454. The van der Waals surface area contributed by atoms with E-state index < -0.39 is 0 Å². The van der Waals surface area contributed by atoms with Crippen molar-refractivity contribution >= 4 is 5.71 Å². The Labute approximate surface area is 80.5 Å². The summed E-state index contributed by atoms with van der Waals surface area (Å²) in [5, 5.41) is 4.39. The third kappa shape index (κ3) is 3.77. The molecule has 1 fully saturated rings. The molecule has 1 rings (SSSR count). The van der Waals surface area contributed by atoms with Crippen LogP contribution in [0.2, 0.25) is 0 Å². The van der Waals surface area contributed by atoms with E-state index in [9.17, 15) is 0 Å². The van der Waals surface area contributed by atoms with Gasteiger partial charge in [-0.15, -0.1) is 0 Å². The van der Waals surface area contributed by atoms with Crippen LogP contribution in [0.15, 0.2) is 5.10 Å². The van der Waals surface area contributed by atoms with Crippen molar-refractivity contribution in [2.75, 3.05) is 13.2 Å². The zero-order chi connectivity index (χ0) is 9.68. The summed E-state index contributed by atoms with van der Waals surface area (Å²) in [5.41, 5.74) is 4.43. The van der Waals surface area contributed by atoms with Crippen LogP contribution in [-0.4, -0.2) is 25.0 Å². The Hall–Kier alpha value is -0.570. The van der Waals surface area contributed by atoms with Crippen molar-refractivity contribution in [3.05, 3.63) is 0 Å². The quantitative estimate of drug-likeness (QED) is 0.678. The molecule has 3 heteroatoms. The van der Waals surface area contributed by atoms with E-state index in [2.05, 4.69) is 31.3 Å². The summed E-state index contributed by atoms with van der Waals surface area (Å²) < 4.78 is 5.25. The van der Waals surface area contributed by atoms with E-state index in [4.69, 9.17) is 4.74 Å². The molecule has 1 saturated heterocycles. The van der Waals surface area contributed by atoms with Gasteiger partial charge in [-0.25, -0.2) is 0 Å². The van der Waals surface area contributed by atoms with Crippen LogP contribution in [0.5, 0.6) is 0 Å². The van der Waals surface area contributed by atoms with Crippen LogP contribution in [-0.2, 0) is 4.74 Å². The lowest BCUT2D eigenvalue weighted by Crippen LogP contribution is -2.28. The Bertz CT molecular complexity index is 170. The fourth-order valence-electron chi connectivity index (χ4n) is 1.06. The minimum absolute atomic E-state index is 0.454. The Morgan fingerprint density at radius 3 is 2.38 bits per heavy atom. The van der Waals surface area contributed by atoms with E-state index in [0.29, 0.717) is 12.0 Å². The largest absolute Gasteiger partial charge is 0.381 e. The van der Waals surface area contributed by atoms with E-state index in [1.165, 1.54) is 5.71 Å². The first-order valence-electron chi connectivity index (χ1n) is 5.09. The normalized spacial score (nSPS) is 20.2. The maximum Gasteiger partial charge on any atom is 0.0519 e. The topological polar surface area (TPSA) is 33.6 Å². The highest BCUT2D eigenvalue weighted by Crippen LogP contribution is 2.04. The minimum Gasteiger partial charge on any atom is -0.381 e. The lowest BCUT2D eigenvalue weighted by atomic mass is 10.1. The first-order valence-corrected chi connectivity index (χ1v) is 5.09. The first kappa shape index (κ1) is 10.5. The molecular weight excluding hydrogens is 164 g/mol. The number of nitrogens with zero attached hydrogens (tertiary/aromatic N) is 1. The van der Waals surface area contributed by atoms with Crippen LogP contribution in [0.25, 0.3) is 0 Å². The fraction of sp³-hybridized carbons (Fsp3) is 0.900. The third-order valence-corrected chi connectivity index (χ3v) is 2.50. The van der Waals surface area contributed by atoms with Gasteiger partial charge in [0.05, 0.1) is 13.2 Å². The number of hydrogen-bond acceptors (Lipinski definition) is 3. The van der Waals surface area contributed by atoms with Crippen molar-refractivity contribution in [3.8, 4) is 0 Å². The molecule has 76 valence electrons. The Balaban J connectivity index is 2.29. The third-order valence-electron chi connectivity index (χ3n) is 2.50. The average molecular weight is 184 g/mol. The van der Waals surface area contributed by atoms with Crippen LogP contribution < -0.4 is 5.43 Å². The van der Waals surface area contributed by atoms with Crippen LogP contribution >= 0.6 is 0 Å². The number of hydrazone groups is 1. The van der Waals surface area contributed by atoms with Gasteiger partial charge >= 0.3 is 0 Å². The molecule has 1 aliphatic rings. The summed E-state index contributed by atoms with van der Waals surface area (Å²) in [6.45, 7) is 8.21. The summed E-state index contributed by atoms with van der Waals surface area (Å²) >= 11 is 0. The van der Waals surface area contributed by atoms with Crippen molar-refractivity contribution < 1.29 is 4.74 Å². The molecule has 13 heavy (non-hydrogen) atoms. The van der Waals surface area contributed by atoms with Gasteiger partial charge < -0.3 is 10.2 Å². The van der Waals surface area contributed by atoms with E-state index in [1.807, 2.05) is 0 Å². The minimum atomic E-state index is 0.454. The molecule has 1 heterocycles. The molecule has 0 saturated carbocycles. The molecule has 0 bridgehead atoms. The molecule has 0 spiro atoms. The van der Waals surface area contributed by atoms with Crippen molar-refractivity contribution in [1.82, 2.24) is 5.43 Å². The zero-order valence-corrected chi connectivity index (χ0v) is 8.84. The molecule has 0 radical (unpaired) electrons. The molecule has 0 aromatic rings. The number of nitrogens with one attached hydrogen (secondary N) is 1. The van der Waals surface area contributed by atoms with E-state index in [0.717, 1.165) is 26.1 Å². The molecule has 0 aromatic carbocycles. The standard InChI is InChI=1S/C10H20N2O/c1-8(2)9(3)11-12-10-4-6-13-7-5-10/h8-9,11H,4-7H2,1-3H3. The van der Waals surface area contributed by atoms with Crippen molar-refractivity contribution in [2.45, 2.75) is 39.7 Å². The second kappa shape index (κ2) is 5.22.